The molecule has 1 aliphatic rings. The molecule has 1 aromatic rings. The van der Waals surface area contributed by atoms with E-state index in [0.717, 1.165) is 6.42 Å². The molecule has 0 saturated carbocycles. The summed E-state index contributed by atoms with van der Waals surface area (Å²) in [5.74, 6) is 1.17. The number of benzene rings is 1. The summed E-state index contributed by atoms with van der Waals surface area (Å²) in [5.41, 5.74) is 2.73. The zero-order chi connectivity index (χ0) is 14.1. The van der Waals surface area contributed by atoms with E-state index >= 15 is 0 Å². The van der Waals surface area contributed by atoms with Gasteiger partial charge in [0.1, 0.15) is 0 Å². The normalized spacial score (nSPS) is 15.1. The van der Waals surface area contributed by atoms with E-state index < -0.39 is 8.32 Å². The van der Waals surface area contributed by atoms with Crippen LogP contribution < -0.4 is 0 Å². The maximum absolute atomic E-state index is 6.50. The van der Waals surface area contributed by atoms with Gasteiger partial charge in [-0.15, -0.1) is 0 Å². The van der Waals surface area contributed by atoms with Crippen LogP contribution in [0.25, 0.3) is 6.08 Å². The van der Waals surface area contributed by atoms with Gasteiger partial charge < -0.3 is 4.43 Å². The third-order valence-electron chi connectivity index (χ3n) is 4.63. The van der Waals surface area contributed by atoms with Gasteiger partial charge in [0.2, 0.25) is 8.32 Å². The average Bonchev–Trinajstić information content (AvgIpc) is 2.69. The lowest BCUT2D eigenvalue weighted by Crippen LogP contribution is -2.42. The molecule has 0 bridgehead atoms. The summed E-state index contributed by atoms with van der Waals surface area (Å²) in [6.45, 7) is 11.7. The molecule has 0 radical (unpaired) electrons. The Hall–Kier alpha value is -1.02. The van der Waals surface area contributed by atoms with Crippen LogP contribution in [0.3, 0.4) is 0 Å². The monoisotopic (exact) mass is 274 g/mol. The molecule has 0 N–H and O–H groups in total. The highest BCUT2D eigenvalue weighted by molar-refractivity contribution is 6.74. The lowest BCUT2D eigenvalue weighted by Gasteiger charge is -2.39. The molecule has 2 heteroatoms. The van der Waals surface area contributed by atoms with Crippen molar-refractivity contribution in [2.45, 2.75) is 58.2 Å². The maximum atomic E-state index is 6.50. The van der Waals surface area contributed by atoms with Gasteiger partial charge in [-0.2, -0.15) is 0 Å². The summed E-state index contributed by atoms with van der Waals surface area (Å²) >= 11 is 0. The Bertz CT molecular complexity index is 486. The topological polar surface area (TPSA) is 9.23 Å². The summed E-state index contributed by atoms with van der Waals surface area (Å²) in [7, 11) is -1.72. The molecule has 0 saturated heterocycles. The zero-order valence-electron chi connectivity index (χ0n) is 12.9. The second kappa shape index (κ2) is 5.16. The third-order valence-corrected chi connectivity index (χ3v) is 8.91. The summed E-state index contributed by atoms with van der Waals surface area (Å²) in [6.07, 6.45) is 5.67. The van der Waals surface area contributed by atoms with Gasteiger partial charge in [-0.05, 0) is 41.8 Å². The molecule has 1 aromatic carbocycles. The highest BCUT2D eigenvalue weighted by Gasteiger charge is 2.42. The summed E-state index contributed by atoms with van der Waals surface area (Å²) < 4.78 is 6.50. The fourth-order valence-corrected chi connectivity index (χ4v) is 4.62. The van der Waals surface area contributed by atoms with Crippen LogP contribution in [0.1, 0.15) is 44.7 Å². The molecule has 2 rings (SSSR count). The molecule has 0 atom stereocenters. The Kier molecular flexibility index (Phi) is 3.91. The third kappa shape index (κ3) is 2.94. The van der Waals surface area contributed by atoms with Crippen LogP contribution in [0.2, 0.25) is 18.1 Å². The SMILES string of the molecule is CCCC(C)(C)[Si](C)(C)OC1=Cc2ccccc2C1. The predicted molar refractivity (Wildman–Crippen MR) is 85.6 cm³/mol. The highest BCUT2D eigenvalue weighted by Crippen LogP contribution is 2.44. The Morgan fingerprint density at radius 1 is 1.21 bits per heavy atom. The first-order valence-electron chi connectivity index (χ1n) is 7.33. The summed E-state index contributed by atoms with van der Waals surface area (Å²) in [4.78, 5) is 0. The van der Waals surface area contributed by atoms with Crippen molar-refractivity contribution >= 4 is 14.4 Å². The first kappa shape index (κ1) is 14.4. The molecule has 1 aliphatic carbocycles. The summed E-state index contributed by atoms with van der Waals surface area (Å²) in [6, 6.07) is 8.59. The first-order chi connectivity index (χ1) is 8.86. The van der Waals surface area contributed by atoms with Gasteiger partial charge in [-0.25, -0.2) is 0 Å². The smallest absolute Gasteiger partial charge is 0.250 e. The fraction of sp³-hybridized carbons (Fsp3) is 0.529. The van der Waals surface area contributed by atoms with E-state index in [-0.39, 0.29) is 0 Å². The van der Waals surface area contributed by atoms with Crippen LogP contribution in [0.15, 0.2) is 30.0 Å². The zero-order valence-corrected chi connectivity index (χ0v) is 13.9. The largest absolute Gasteiger partial charge is 0.546 e. The van der Waals surface area contributed by atoms with E-state index in [4.69, 9.17) is 4.43 Å². The van der Waals surface area contributed by atoms with Crippen molar-refractivity contribution < 1.29 is 4.43 Å². The van der Waals surface area contributed by atoms with E-state index in [1.807, 2.05) is 0 Å². The van der Waals surface area contributed by atoms with Gasteiger partial charge in [0.15, 0.2) is 0 Å². The number of allylic oxidation sites excluding steroid dienone is 1. The van der Waals surface area contributed by atoms with Crippen LogP contribution >= 0.6 is 0 Å². The van der Waals surface area contributed by atoms with Gasteiger partial charge in [0, 0.05) is 6.42 Å². The van der Waals surface area contributed by atoms with Crippen LogP contribution in [-0.2, 0) is 10.8 Å². The van der Waals surface area contributed by atoms with E-state index in [9.17, 15) is 0 Å². The van der Waals surface area contributed by atoms with Crippen LogP contribution in [0.4, 0.5) is 0 Å². The molecule has 1 nitrogen and oxygen atoms in total. The van der Waals surface area contributed by atoms with Gasteiger partial charge in [0.25, 0.3) is 0 Å². The van der Waals surface area contributed by atoms with Gasteiger partial charge in [0.05, 0.1) is 5.76 Å². The first-order valence-corrected chi connectivity index (χ1v) is 10.2. The number of rotatable bonds is 5. The lowest BCUT2D eigenvalue weighted by atomic mass is 10.1. The molecule has 19 heavy (non-hydrogen) atoms. The minimum Gasteiger partial charge on any atom is -0.546 e. The van der Waals surface area contributed by atoms with Crippen molar-refractivity contribution in [3.63, 3.8) is 0 Å². The van der Waals surface area contributed by atoms with Crippen molar-refractivity contribution in [2.24, 2.45) is 0 Å². The van der Waals surface area contributed by atoms with Gasteiger partial charge in [-0.1, -0.05) is 51.5 Å². The van der Waals surface area contributed by atoms with E-state index in [0.29, 0.717) is 5.04 Å². The van der Waals surface area contributed by atoms with E-state index in [2.05, 4.69) is 64.2 Å². The summed E-state index contributed by atoms with van der Waals surface area (Å²) in [5, 5.41) is 0.317. The van der Waals surface area contributed by atoms with Crippen molar-refractivity contribution in [3.8, 4) is 0 Å². The maximum Gasteiger partial charge on any atom is 0.250 e. The lowest BCUT2D eigenvalue weighted by molar-refractivity contribution is 0.365. The fourth-order valence-electron chi connectivity index (χ4n) is 2.71. The Morgan fingerprint density at radius 3 is 2.53 bits per heavy atom. The number of fused-ring (bicyclic) bond motifs is 1. The average molecular weight is 274 g/mol. The molecule has 0 aromatic heterocycles. The van der Waals surface area contributed by atoms with Crippen molar-refractivity contribution in [1.82, 2.24) is 0 Å². The molecule has 0 amide bonds. The molecule has 0 spiro atoms. The molecule has 0 fully saturated rings. The minimum absolute atomic E-state index is 0.317. The Balaban J connectivity index is 2.11. The van der Waals surface area contributed by atoms with Crippen LogP contribution in [0, 0.1) is 0 Å². The molecule has 0 unspecified atom stereocenters. The minimum atomic E-state index is -1.72. The highest BCUT2D eigenvalue weighted by atomic mass is 28.4. The van der Waals surface area contributed by atoms with E-state index in [1.165, 1.54) is 29.7 Å². The molecule has 0 aliphatic heterocycles. The number of hydrogen-bond donors (Lipinski definition) is 0. The van der Waals surface area contributed by atoms with E-state index in [1.54, 1.807) is 0 Å². The second-order valence-electron chi connectivity index (χ2n) is 6.73. The number of hydrogen-bond acceptors (Lipinski definition) is 1. The molecular weight excluding hydrogens is 248 g/mol. The van der Waals surface area contributed by atoms with Crippen LogP contribution in [-0.4, -0.2) is 8.32 Å². The van der Waals surface area contributed by atoms with Crippen molar-refractivity contribution in [1.29, 1.82) is 0 Å². The molecular formula is C17H26OSi. The van der Waals surface area contributed by atoms with Gasteiger partial charge >= 0.3 is 0 Å². The van der Waals surface area contributed by atoms with Crippen molar-refractivity contribution in [3.05, 3.63) is 41.2 Å². The molecule has 104 valence electrons. The molecule has 0 heterocycles. The van der Waals surface area contributed by atoms with Gasteiger partial charge in [-0.3, -0.25) is 0 Å². The Labute approximate surface area is 118 Å². The Morgan fingerprint density at radius 2 is 1.89 bits per heavy atom. The standard InChI is InChI=1S/C17H26OSi/c1-6-11-17(2,3)19(4,5)18-16-12-14-9-7-8-10-15(14)13-16/h7-10,12H,6,11,13H2,1-5H3. The van der Waals surface area contributed by atoms with Crippen LogP contribution in [0.5, 0.6) is 0 Å². The predicted octanol–water partition coefficient (Wildman–Crippen LogP) is 5.39. The quantitative estimate of drug-likeness (QED) is 0.654. The second-order valence-corrected chi connectivity index (χ2v) is 11.3. The van der Waals surface area contributed by atoms with Crippen molar-refractivity contribution in [2.75, 3.05) is 0 Å².